The summed E-state index contributed by atoms with van der Waals surface area (Å²) in [7, 11) is 0. The molecule has 3 rings (SSSR count). The fraction of sp³-hybridized carbons (Fsp3) is 0.361. The van der Waals surface area contributed by atoms with Crippen molar-refractivity contribution in [2.24, 2.45) is 0 Å². The Balaban J connectivity index is 2.83. The van der Waals surface area contributed by atoms with Crippen LogP contribution in [0.3, 0.4) is 0 Å². The maximum atomic E-state index is 12.4. The number of allylic oxidation sites excluding steroid dienone is 2. The zero-order valence-corrected chi connectivity index (χ0v) is 27.5. The van der Waals surface area contributed by atoms with Gasteiger partial charge in [-0.3, -0.25) is 19.6 Å². The van der Waals surface area contributed by atoms with Gasteiger partial charge in [-0.25, -0.2) is 4.79 Å². The average molecular weight is 629 g/mol. The molecule has 10 nitrogen and oxygen atoms in total. The lowest BCUT2D eigenvalue weighted by molar-refractivity contribution is -0.138. The minimum atomic E-state index is -1.23. The molecule has 4 bridgehead atoms. The van der Waals surface area contributed by atoms with Crippen LogP contribution in [0.5, 0.6) is 0 Å². The molecule has 3 heterocycles. The van der Waals surface area contributed by atoms with Crippen molar-refractivity contribution in [3.63, 3.8) is 0 Å². The fourth-order valence-corrected chi connectivity index (χ4v) is 5.72. The second kappa shape index (κ2) is 15.3. The van der Waals surface area contributed by atoms with Crippen LogP contribution in [0.15, 0.2) is 37.4 Å². The topological polar surface area (TPSA) is 169 Å². The third kappa shape index (κ3) is 7.99. The van der Waals surface area contributed by atoms with E-state index in [4.69, 9.17) is 9.97 Å². The highest BCUT2D eigenvalue weighted by Gasteiger charge is 2.32. The highest BCUT2D eigenvalue weighted by Crippen LogP contribution is 2.40. The molecular weight excluding hydrogens is 584 g/mol. The molecule has 10 heteroatoms. The number of hydrogen-bond donors (Lipinski definition) is 5. The van der Waals surface area contributed by atoms with Gasteiger partial charge >= 0.3 is 17.9 Å². The fourth-order valence-electron chi connectivity index (χ4n) is 5.72. The normalized spacial score (nSPS) is 15.9. The molecule has 0 saturated heterocycles. The van der Waals surface area contributed by atoms with Crippen molar-refractivity contribution in [3.05, 3.63) is 87.6 Å². The lowest BCUT2D eigenvalue weighted by atomic mass is 9.85. The maximum absolute atomic E-state index is 12.4. The Morgan fingerprint density at radius 3 is 2.22 bits per heavy atom. The Morgan fingerprint density at radius 1 is 0.978 bits per heavy atom. The van der Waals surface area contributed by atoms with E-state index < -0.39 is 30.2 Å². The van der Waals surface area contributed by atoms with E-state index in [-0.39, 0.29) is 35.2 Å². The summed E-state index contributed by atoms with van der Waals surface area (Å²) in [6.45, 7) is 19.2. The predicted octanol–water partition coefficient (Wildman–Crippen LogP) is 5.48. The third-order valence-corrected chi connectivity index (χ3v) is 8.46. The minimum Gasteiger partial charge on any atom is -0.481 e. The number of nitrogens with one attached hydrogen (secondary N) is 2. The number of nitrogens with zero attached hydrogens (tertiary/aromatic N) is 2. The Hall–Kier alpha value is -4.99. The SMILES string of the molecule is C=CC(=C)c1cc2[nH]c(c/c(=C\C)[nH]/c(=C(\C)C(=O)O)c(CC(=O)O)c3nc(cc(CC)n1)[C@@H](C)C3CCC(=O)O)c(CC)c2C. The lowest BCUT2D eigenvalue weighted by Crippen LogP contribution is -2.28. The van der Waals surface area contributed by atoms with Crippen LogP contribution in [0, 0.1) is 6.92 Å². The number of aryl methyl sites for hydroxylation is 3. The van der Waals surface area contributed by atoms with Crippen molar-refractivity contribution in [1.29, 1.82) is 0 Å². The molecular formula is C36H44N4O6. The van der Waals surface area contributed by atoms with E-state index >= 15 is 0 Å². The number of aromatic amines is 2. The van der Waals surface area contributed by atoms with E-state index in [0.717, 1.165) is 22.2 Å². The largest absolute Gasteiger partial charge is 0.481 e. The van der Waals surface area contributed by atoms with Crippen molar-refractivity contribution < 1.29 is 29.7 Å². The van der Waals surface area contributed by atoms with E-state index in [2.05, 4.69) is 23.1 Å². The molecule has 0 spiro atoms. The van der Waals surface area contributed by atoms with Gasteiger partial charge in [0.05, 0.1) is 28.7 Å². The summed E-state index contributed by atoms with van der Waals surface area (Å²) in [6, 6.07) is 5.63. The standard InChI is InChI=1S/C36H44N4O6/c1-9-19(5)28-18-30-20(6)25(12-4)31(39-30)16-24(11-3)38-34(22(8)36(45)46)27(17-33(43)44)35-26(13-14-32(41)42)21(7)29(40-35)15-23(10-2)37-28/h9,11,15-16,18,21,26,38-39H,1,5,10,12-14,17H2,2-4,6-8H3,(H,41,42)(H,43,44)(H,45,46)/b23-15?,24-11+,30-18?,31-16?,34-22+,35-27?,37-28?/t21-,26?/m0/s1. The first-order valence-corrected chi connectivity index (χ1v) is 15.4. The number of carboxylic acids is 3. The summed E-state index contributed by atoms with van der Waals surface area (Å²) in [4.78, 5) is 53.0. The number of H-pyrrole nitrogens is 2. The molecule has 2 atom stereocenters. The zero-order chi connectivity index (χ0) is 34.3. The molecule has 46 heavy (non-hydrogen) atoms. The van der Waals surface area contributed by atoms with Crippen molar-refractivity contribution in [2.75, 3.05) is 0 Å². The first kappa shape index (κ1) is 35.5. The zero-order valence-electron chi connectivity index (χ0n) is 27.5. The molecule has 0 saturated carbocycles. The summed E-state index contributed by atoms with van der Waals surface area (Å²) in [5, 5.41) is 30.4. The Morgan fingerprint density at radius 2 is 1.67 bits per heavy atom. The molecule has 1 aliphatic heterocycles. The molecule has 1 aliphatic rings. The summed E-state index contributed by atoms with van der Waals surface area (Å²) in [5.74, 6) is -4.19. The van der Waals surface area contributed by atoms with Gasteiger partial charge in [0.25, 0.3) is 0 Å². The van der Waals surface area contributed by atoms with Gasteiger partial charge in [0, 0.05) is 51.6 Å². The molecule has 0 aliphatic carbocycles. The number of carbonyl (C=O) groups is 3. The van der Waals surface area contributed by atoms with E-state index in [1.54, 1.807) is 19.1 Å². The van der Waals surface area contributed by atoms with Crippen LogP contribution < -0.4 is 10.7 Å². The van der Waals surface area contributed by atoms with Crippen LogP contribution in [-0.4, -0.2) is 53.2 Å². The second-order valence-corrected chi connectivity index (χ2v) is 11.4. The smallest absolute Gasteiger partial charge is 0.333 e. The van der Waals surface area contributed by atoms with Crippen LogP contribution in [-0.2, 0) is 33.6 Å². The summed E-state index contributed by atoms with van der Waals surface area (Å²) < 4.78 is 0. The van der Waals surface area contributed by atoms with Gasteiger partial charge < -0.3 is 25.3 Å². The van der Waals surface area contributed by atoms with Gasteiger partial charge in [-0.2, -0.15) is 0 Å². The third-order valence-electron chi connectivity index (χ3n) is 8.46. The number of carboxylic acid groups (broad SMARTS) is 3. The first-order chi connectivity index (χ1) is 21.8. The summed E-state index contributed by atoms with van der Waals surface area (Å²) >= 11 is 0. The molecule has 0 radical (unpaired) electrons. The highest BCUT2D eigenvalue weighted by molar-refractivity contribution is 6.07. The van der Waals surface area contributed by atoms with E-state index in [1.807, 2.05) is 45.9 Å². The van der Waals surface area contributed by atoms with Crippen molar-refractivity contribution in [1.82, 2.24) is 19.9 Å². The lowest BCUT2D eigenvalue weighted by Gasteiger charge is -2.17. The number of aliphatic carboxylic acids is 3. The minimum absolute atomic E-state index is 0.0970. The molecule has 2 aromatic rings. The van der Waals surface area contributed by atoms with E-state index in [1.165, 1.54) is 6.92 Å². The maximum Gasteiger partial charge on any atom is 0.333 e. The van der Waals surface area contributed by atoms with Crippen molar-refractivity contribution in [2.45, 2.75) is 85.5 Å². The Labute approximate surface area is 268 Å². The van der Waals surface area contributed by atoms with E-state index in [9.17, 15) is 29.7 Å². The number of aromatic nitrogens is 4. The van der Waals surface area contributed by atoms with Crippen LogP contribution >= 0.6 is 0 Å². The van der Waals surface area contributed by atoms with Gasteiger partial charge in [-0.15, -0.1) is 0 Å². The van der Waals surface area contributed by atoms with Crippen molar-refractivity contribution in [3.8, 4) is 0 Å². The molecule has 0 amide bonds. The molecule has 5 N–H and O–H groups in total. The second-order valence-electron chi connectivity index (χ2n) is 11.4. The van der Waals surface area contributed by atoms with Crippen LogP contribution in [0.25, 0.3) is 28.3 Å². The Kier molecular flexibility index (Phi) is 11.8. The van der Waals surface area contributed by atoms with Gasteiger partial charge in [0.15, 0.2) is 0 Å². The van der Waals surface area contributed by atoms with Gasteiger partial charge in [-0.1, -0.05) is 46.1 Å². The van der Waals surface area contributed by atoms with Crippen molar-refractivity contribution >= 4 is 46.2 Å². The monoisotopic (exact) mass is 628 g/mol. The van der Waals surface area contributed by atoms with Crippen LogP contribution in [0.2, 0.25) is 0 Å². The average Bonchev–Trinajstić information content (AvgIpc) is 3.48. The predicted molar refractivity (Wildman–Crippen MR) is 181 cm³/mol. The Bertz CT molecular complexity index is 1880. The van der Waals surface area contributed by atoms with Gasteiger partial charge in [0.2, 0.25) is 0 Å². The summed E-state index contributed by atoms with van der Waals surface area (Å²) in [5.41, 5.74) is 6.64. The number of hydrogen-bond acceptors (Lipinski definition) is 5. The number of fused-ring (bicyclic) bond motifs is 4. The van der Waals surface area contributed by atoms with E-state index in [0.29, 0.717) is 46.5 Å². The molecule has 244 valence electrons. The molecule has 1 unspecified atom stereocenters. The first-order valence-electron chi connectivity index (χ1n) is 15.4. The van der Waals surface area contributed by atoms with Crippen LogP contribution in [0.1, 0.15) is 98.8 Å². The van der Waals surface area contributed by atoms with Gasteiger partial charge in [-0.05, 0) is 74.9 Å². The van der Waals surface area contributed by atoms with Crippen LogP contribution in [0.4, 0.5) is 0 Å². The highest BCUT2D eigenvalue weighted by atomic mass is 16.4. The van der Waals surface area contributed by atoms with Gasteiger partial charge in [0.1, 0.15) is 0 Å². The number of rotatable bonds is 10. The quantitative estimate of drug-likeness (QED) is 0.216. The molecule has 0 fully saturated rings. The molecule has 2 aromatic heterocycles. The molecule has 0 aromatic carbocycles. The summed E-state index contributed by atoms with van der Waals surface area (Å²) in [6.07, 6.45) is 4.14.